The van der Waals surface area contributed by atoms with Gasteiger partial charge in [0, 0.05) is 6.04 Å². The van der Waals surface area contributed by atoms with Crippen LogP contribution in [0.2, 0.25) is 0 Å². The minimum absolute atomic E-state index is 0.00380. The summed E-state index contributed by atoms with van der Waals surface area (Å²) in [5.41, 5.74) is -0.539. The standard InChI is InChI=1S/C11H22N2O2/c1-11(2,12-3)10(15)13-8-5-4-6-9(14)7-8/h8-9,12,14H,4-7H2,1-3H3,(H,13,15). The fraction of sp³-hybridized carbons (Fsp3) is 0.909. The number of likely N-dealkylation sites (N-methyl/N-ethyl adjacent to an activating group) is 1. The lowest BCUT2D eigenvalue weighted by Crippen LogP contribution is -2.54. The van der Waals surface area contributed by atoms with Crippen LogP contribution in [0.25, 0.3) is 0 Å². The fourth-order valence-corrected chi connectivity index (χ4v) is 1.77. The summed E-state index contributed by atoms with van der Waals surface area (Å²) >= 11 is 0. The molecule has 0 heterocycles. The van der Waals surface area contributed by atoms with Crippen molar-refractivity contribution in [2.75, 3.05) is 7.05 Å². The molecule has 0 spiro atoms. The van der Waals surface area contributed by atoms with E-state index in [0.717, 1.165) is 19.3 Å². The first-order valence-corrected chi connectivity index (χ1v) is 5.63. The average Bonchev–Trinajstić information content (AvgIpc) is 2.17. The molecule has 1 aliphatic rings. The van der Waals surface area contributed by atoms with E-state index in [1.165, 1.54) is 0 Å². The van der Waals surface area contributed by atoms with Crippen molar-refractivity contribution in [3.63, 3.8) is 0 Å². The third-order valence-corrected chi connectivity index (χ3v) is 3.17. The number of hydrogen-bond acceptors (Lipinski definition) is 3. The Hall–Kier alpha value is -0.610. The molecule has 0 aromatic heterocycles. The predicted octanol–water partition coefficient (Wildman–Crippen LogP) is 0.404. The monoisotopic (exact) mass is 214 g/mol. The molecule has 0 aromatic carbocycles. The number of nitrogens with one attached hydrogen (secondary N) is 2. The van der Waals surface area contributed by atoms with Crippen LogP contribution in [0.15, 0.2) is 0 Å². The smallest absolute Gasteiger partial charge is 0.239 e. The third kappa shape index (κ3) is 3.47. The number of amides is 1. The lowest BCUT2D eigenvalue weighted by atomic mass is 9.92. The average molecular weight is 214 g/mol. The van der Waals surface area contributed by atoms with E-state index in [1.54, 1.807) is 7.05 Å². The molecule has 0 radical (unpaired) electrons. The molecular weight excluding hydrogens is 192 g/mol. The quantitative estimate of drug-likeness (QED) is 0.637. The van der Waals surface area contributed by atoms with Gasteiger partial charge in [0.1, 0.15) is 0 Å². The topological polar surface area (TPSA) is 61.4 Å². The first kappa shape index (κ1) is 12.5. The van der Waals surface area contributed by atoms with Gasteiger partial charge in [0.05, 0.1) is 11.6 Å². The van der Waals surface area contributed by atoms with Crippen molar-refractivity contribution in [2.24, 2.45) is 0 Å². The molecule has 4 nitrogen and oxygen atoms in total. The predicted molar refractivity (Wildman–Crippen MR) is 59.5 cm³/mol. The largest absolute Gasteiger partial charge is 0.393 e. The highest BCUT2D eigenvalue weighted by Crippen LogP contribution is 2.18. The molecule has 3 N–H and O–H groups in total. The van der Waals surface area contributed by atoms with E-state index >= 15 is 0 Å². The van der Waals surface area contributed by atoms with Crippen molar-refractivity contribution in [2.45, 2.75) is 57.2 Å². The molecular formula is C11H22N2O2. The zero-order valence-electron chi connectivity index (χ0n) is 9.84. The fourth-order valence-electron chi connectivity index (χ4n) is 1.77. The maximum absolute atomic E-state index is 11.8. The van der Waals surface area contributed by atoms with Crippen LogP contribution in [-0.2, 0) is 4.79 Å². The third-order valence-electron chi connectivity index (χ3n) is 3.17. The first-order valence-electron chi connectivity index (χ1n) is 5.63. The van der Waals surface area contributed by atoms with E-state index in [9.17, 15) is 9.90 Å². The summed E-state index contributed by atoms with van der Waals surface area (Å²) in [5.74, 6) is 0.00380. The lowest BCUT2D eigenvalue weighted by Gasteiger charge is -2.30. The number of aliphatic hydroxyl groups excluding tert-OH is 1. The van der Waals surface area contributed by atoms with E-state index in [1.807, 2.05) is 13.8 Å². The molecule has 1 fully saturated rings. The van der Waals surface area contributed by atoms with Crippen LogP contribution in [0.3, 0.4) is 0 Å². The highest BCUT2D eigenvalue weighted by molar-refractivity contribution is 5.85. The Kier molecular flexibility index (Phi) is 4.11. The van der Waals surface area contributed by atoms with E-state index in [4.69, 9.17) is 0 Å². The first-order chi connectivity index (χ1) is 6.95. The highest BCUT2D eigenvalue weighted by Gasteiger charge is 2.29. The second-order valence-electron chi connectivity index (χ2n) is 4.87. The van der Waals surface area contributed by atoms with Crippen LogP contribution in [0.4, 0.5) is 0 Å². The van der Waals surface area contributed by atoms with Crippen molar-refractivity contribution >= 4 is 5.91 Å². The summed E-state index contributed by atoms with van der Waals surface area (Å²) in [5, 5.41) is 15.4. The zero-order chi connectivity index (χ0) is 11.5. The van der Waals surface area contributed by atoms with Crippen LogP contribution in [0.1, 0.15) is 39.5 Å². The number of aliphatic hydroxyl groups is 1. The van der Waals surface area contributed by atoms with Gasteiger partial charge in [0.2, 0.25) is 5.91 Å². The van der Waals surface area contributed by atoms with Gasteiger partial charge in [-0.15, -0.1) is 0 Å². The molecule has 0 saturated heterocycles. The minimum atomic E-state index is -0.539. The van der Waals surface area contributed by atoms with Crippen molar-refractivity contribution in [3.05, 3.63) is 0 Å². The van der Waals surface area contributed by atoms with Gasteiger partial charge in [0.25, 0.3) is 0 Å². The summed E-state index contributed by atoms with van der Waals surface area (Å²) in [6.45, 7) is 3.70. The van der Waals surface area contributed by atoms with Crippen LogP contribution >= 0.6 is 0 Å². The van der Waals surface area contributed by atoms with Gasteiger partial charge in [-0.2, -0.15) is 0 Å². The number of carbonyl (C=O) groups is 1. The second-order valence-corrected chi connectivity index (χ2v) is 4.87. The lowest BCUT2D eigenvalue weighted by molar-refractivity contribution is -0.127. The maximum Gasteiger partial charge on any atom is 0.239 e. The molecule has 0 aliphatic heterocycles. The molecule has 0 bridgehead atoms. The van der Waals surface area contributed by atoms with E-state index < -0.39 is 5.54 Å². The normalized spacial score (nSPS) is 27.5. The van der Waals surface area contributed by atoms with Gasteiger partial charge >= 0.3 is 0 Å². The Bertz CT molecular complexity index is 229. The Morgan fingerprint density at radius 2 is 2.07 bits per heavy atom. The Morgan fingerprint density at radius 1 is 1.40 bits per heavy atom. The van der Waals surface area contributed by atoms with Crippen LogP contribution in [-0.4, -0.2) is 35.7 Å². The Labute approximate surface area is 91.4 Å². The molecule has 1 rings (SSSR count). The SMILES string of the molecule is CNC(C)(C)C(=O)NC1CCCC(O)C1. The second kappa shape index (κ2) is 4.94. The molecule has 4 heteroatoms. The summed E-state index contributed by atoms with van der Waals surface area (Å²) in [7, 11) is 1.77. The van der Waals surface area contributed by atoms with Gasteiger partial charge in [-0.1, -0.05) is 0 Å². The summed E-state index contributed by atoms with van der Waals surface area (Å²) in [6.07, 6.45) is 3.27. The number of carbonyl (C=O) groups excluding carboxylic acids is 1. The molecule has 2 atom stereocenters. The van der Waals surface area contributed by atoms with E-state index in [0.29, 0.717) is 6.42 Å². The van der Waals surface area contributed by atoms with Gasteiger partial charge in [-0.3, -0.25) is 4.79 Å². The number of hydrogen-bond donors (Lipinski definition) is 3. The van der Waals surface area contributed by atoms with Crippen LogP contribution in [0, 0.1) is 0 Å². The summed E-state index contributed by atoms with van der Waals surface area (Å²) < 4.78 is 0. The van der Waals surface area contributed by atoms with Crippen molar-refractivity contribution < 1.29 is 9.90 Å². The molecule has 1 saturated carbocycles. The Balaban J connectivity index is 2.44. The molecule has 2 unspecified atom stereocenters. The molecule has 1 amide bonds. The summed E-state index contributed by atoms with van der Waals surface area (Å²) in [4.78, 5) is 11.8. The van der Waals surface area contributed by atoms with E-state index in [2.05, 4.69) is 10.6 Å². The van der Waals surface area contributed by atoms with Gasteiger partial charge in [-0.05, 0) is 46.6 Å². The van der Waals surface area contributed by atoms with Crippen molar-refractivity contribution in [1.29, 1.82) is 0 Å². The van der Waals surface area contributed by atoms with Crippen LogP contribution < -0.4 is 10.6 Å². The molecule has 1 aliphatic carbocycles. The molecule has 15 heavy (non-hydrogen) atoms. The molecule has 88 valence electrons. The summed E-state index contributed by atoms with van der Waals surface area (Å²) in [6, 6.07) is 0.133. The van der Waals surface area contributed by atoms with E-state index in [-0.39, 0.29) is 18.1 Å². The zero-order valence-corrected chi connectivity index (χ0v) is 9.84. The van der Waals surface area contributed by atoms with Gasteiger partial charge in [-0.25, -0.2) is 0 Å². The van der Waals surface area contributed by atoms with Gasteiger partial charge in [0.15, 0.2) is 0 Å². The Morgan fingerprint density at radius 3 is 2.60 bits per heavy atom. The van der Waals surface area contributed by atoms with Crippen molar-refractivity contribution in [1.82, 2.24) is 10.6 Å². The van der Waals surface area contributed by atoms with Crippen molar-refractivity contribution in [3.8, 4) is 0 Å². The van der Waals surface area contributed by atoms with Crippen LogP contribution in [0.5, 0.6) is 0 Å². The minimum Gasteiger partial charge on any atom is -0.393 e. The molecule has 0 aromatic rings. The maximum atomic E-state index is 11.8. The highest BCUT2D eigenvalue weighted by atomic mass is 16.3. The number of rotatable bonds is 3. The van der Waals surface area contributed by atoms with Gasteiger partial charge < -0.3 is 15.7 Å².